The molecule has 3 rings (SSSR count). The summed E-state index contributed by atoms with van der Waals surface area (Å²) in [7, 11) is 4.08. The molecule has 1 heterocycles. The number of benzene rings is 2. The highest BCUT2D eigenvalue weighted by molar-refractivity contribution is 5.74. The maximum Gasteiger partial charge on any atom is 0.317 e. The Hall–Kier alpha value is -2.73. The molecule has 150 valence electrons. The minimum Gasteiger partial charge on any atom is -0.455 e. The van der Waals surface area contributed by atoms with Gasteiger partial charge in [-0.25, -0.2) is 4.79 Å². The van der Waals surface area contributed by atoms with E-state index in [1.165, 1.54) is 0 Å². The molecule has 2 aromatic carbocycles. The molecule has 0 bridgehead atoms. The molecule has 0 unspecified atom stereocenters. The number of urea groups is 1. The fourth-order valence-corrected chi connectivity index (χ4v) is 3.27. The Morgan fingerprint density at radius 3 is 2.39 bits per heavy atom. The first-order valence-corrected chi connectivity index (χ1v) is 9.88. The van der Waals surface area contributed by atoms with Crippen LogP contribution in [-0.2, 0) is 0 Å². The minimum absolute atomic E-state index is 0.0345. The molecule has 1 N–H and O–H groups in total. The fraction of sp³-hybridized carbons (Fsp3) is 0.409. The largest absolute Gasteiger partial charge is 0.455 e. The fourth-order valence-electron chi connectivity index (χ4n) is 3.27. The van der Waals surface area contributed by atoms with E-state index in [9.17, 15) is 4.79 Å². The van der Waals surface area contributed by atoms with Crippen molar-refractivity contribution in [3.8, 4) is 11.5 Å². The number of piperazine rings is 1. The van der Waals surface area contributed by atoms with E-state index in [-0.39, 0.29) is 6.03 Å². The van der Waals surface area contributed by atoms with E-state index in [1.54, 1.807) is 0 Å². The van der Waals surface area contributed by atoms with Crippen molar-refractivity contribution in [2.24, 2.45) is 0 Å². The van der Waals surface area contributed by atoms with E-state index in [0.717, 1.165) is 43.2 Å². The molecule has 1 aliphatic heterocycles. The molecule has 0 aliphatic carbocycles. The number of anilines is 1. The summed E-state index contributed by atoms with van der Waals surface area (Å²) < 4.78 is 6.08. The molecule has 0 saturated carbocycles. The number of amides is 2. The summed E-state index contributed by atoms with van der Waals surface area (Å²) in [6, 6.07) is 17.9. The van der Waals surface area contributed by atoms with Crippen LogP contribution < -0.4 is 15.0 Å². The lowest BCUT2D eigenvalue weighted by molar-refractivity contribution is 0.194. The van der Waals surface area contributed by atoms with Gasteiger partial charge in [0.05, 0.1) is 5.69 Å². The lowest BCUT2D eigenvalue weighted by atomic mass is 10.2. The highest BCUT2D eigenvalue weighted by atomic mass is 16.5. The zero-order valence-electron chi connectivity index (χ0n) is 16.8. The summed E-state index contributed by atoms with van der Waals surface area (Å²) in [5.41, 5.74) is 1.07. The van der Waals surface area contributed by atoms with Gasteiger partial charge >= 0.3 is 6.03 Å². The molecule has 1 aliphatic rings. The van der Waals surface area contributed by atoms with Gasteiger partial charge in [-0.3, -0.25) is 0 Å². The number of carbonyl (C=O) groups excluding carboxylic acids is 1. The third-order valence-electron chi connectivity index (χ3n) is 4.80. The summed E-state index contributed by atoms with van der Waals surface area (Å²) in [4.78, 5) is 18.7. The van der Waals surface area contributed by atoms with Crippen LogP contribution in [0.4, 0.5) is 10.5 Å². The second-order valence-corrected chi connectivity index (χ2v) is 7.25. The van der Waals surface area contributed by atoms with Gasteiger partial charge in [-0.2, -0.15) is 0 Å². The Balaban J connectivity index is 1.53. The van der Waals surface area contributed by atoms with E-state index >= 15 is 0 Å². The number of carbonyl (C=O) groups is 1. The van der Waals surface area contributed by atoms with Crippen LogP contribution in [0, 0.1) is 0 Å². The first-order chi connectivity index (χ1) is 13.6. The van der Waals surface area contributed by atoms with E-state index in [0.29, 0.717) is 19.6 Å². The summed E-state index contributed by atoms with van der Waals surface area (Å²) in [6.45, 7) is 4.69. The second kappa shape index (κ2) is 9.99. The summed E-state index contributed by atoms with van der Waals surface area (Å²) in [5, 5.41) is 3.02. The van der Waals surface area contributed by atoms with Crippen LogP contribution in [0.2, 0.25) is 0 Å². The summed E-state index contributed by atoms with van der Waals surface area (Å²) in [6.07, 6.45) is 0.961. The Kier molecular flexibility index (Phi) is 7.14. The lowest BCUT2D eigenvalue weighted by Crippen LogP contribution is -2.52. The third-order valence-corrected chi connectivity index (χ3v) is 4.80. The first-order valence-electron chi connectivity index (χ1n) is 9.88. The van der Waals surface area contributed by atoms with Crippen LogP contribution in [0.3, 0.4) is 0 Å². The minimum atomic E-state index is 0.0345. The molecular formula is C22H30N4O2. The lowest BCUT2D eigenvalue weighted by Gasteiger charge is -2.36. The molecule has 2 amide bonds. The van der Waals surface area contributed by atoms with Crippen molar-refractivity contribution in [3.63, 3.8) is 0 Å². The van der Waals surface area contributed by atoms with Gasteiger partial charge < -0.3 is 24.8 Å². The second-order valence-electron chi connectivity index (χ2n) is 7.25. The van der Waals surface area contributed by atoms with Crippen LogP contribution in [0.1, 0.15) is 6.42 Å². The van der Waals surface area contributed by atoms with E-state index < -0.39 is 0 Å². The number of nitrogens with zero attached hydrogens (tertiary/aromatic N) is 3. The van der Waals surface area contributed by atoms with Crippen molar-refractivity contribution in [1.82, 2.24) is 15.1 Å². The zero-order valence-corrected chi connectivity index (χ0v) is 16.8. The number of hydrogen-bond acceptors (Lipinski definition) is 4. The predicted molar refractivity (Wildman–Crippen MR) is 113 cm³/mol. The number of rotatable bonds is 7. The van der Waals surface area contributed by atoms with Gasteiger partial charge in [0.2, 0.25) is 0 Å². The van der Waals surface area contributed by atoms with Crippen molar-refractivity contribution in [2.75, 3.05) is 58.3 Å². The van der Waals surface area contributed by atoms with Crippen LogP contribution in [-0.4, -0.2) is 69.2 Å². The number of hydrogen-bond donors (Lipinski definition) is 1. The van der Waals surface area contributed by atoms with Gasteiger partial charge in [0, 0.05) is 32.7 Å². The Morgan fingerprint density at radius 2 is 1.68 bits per heavy atom. The normalized spacial score (nSPS) is 14.2. The zero-order chi connectivity index (χ0) is 19.8. The molecule has 6 heteroatoms. The van der Waals surface area contributed by atoms with Gasteiger partial charge in [0.1, 0.15) is 5.75 Å². The molecule has 1 saturated heterocycles. The van der Waals surface area contributed by atoms with Gasteiger partial charge in [0.15, 0.2) is 5.75 Å². The highest BCUT2D eigenvalue weighted by Crippen LogP contribution is 2.32. The summed E-state index contributed by atoms with van der Waals surface area (Å²) in [5.74, 6) is 1.67. The third kappa shape index (κ3) is 5.63. The Bertz CT molecular complexity index is 743. The van der Waals surface area contributed by atoms with Crippen molar-refractivity contribution < 1.29 is 9.53 Å². The smallest absolute Gasteiger partial charge is 0.317 e. The molecule has 28 heavy (non-hydrogen) atoms. The van der Waals surface area contributed by atoms with Crippen LogP contribution in [0.15, 0.2) is 54.6 Å². The van der Waals surface area contributed by atoms with E-state index in [4.69, 9.17) is 4.74 Å². The predicted octanol–water partition coefficient (Wildman–Crippen LogP) is 3.26. The average Bonchev–Trinajstić information content (AvgIpc) is 2.72. The topological polar surface area (TPSA) is 48.1 Å². The number of ether oxygens (including phenoxy) is 1. The van der Waals surface area contributed by atoms with Gasteiger partial charge in [-0.1, -0.05) is 30.3 Å². The number of para-hydroxylation sites is 3. The monoisotopic (exact) mass is 382 g/mol. The van der Waals surface area contributed by atoms with Crippen LogP contribution in [0.25, 0.3) is 0 Å². The molecule has 0 aromatic heterocycles. The molecule has 2 aromatic rings. The molecule has 6 nitrogen and oxygen atoms in total. The first kappa shape index (κ1) is 20.0. The highest BCUT2D eigenvalue weighted by Gasteiger charge is 2.22. The standard InChI is InChI=1S/C22H30N4O2/c1-24(2)14-8-13-23-22(27)26-17-15-25(16-18-26)20-11-6-7-12-21(20)28-19-9-4-3-5-10-19/h3-7,9-12H,8,13-18H2,1-2H3,(H,23,27). The SMILES string of the molecule is CN(C)CCCNC(=O)N1CCN(c2ccccc2Oc2ccccc2)CC1. The Morgan fingerprint density at radius 1 is 1.00 bits per heavy atom. The van der Waals surface area contributed by atoms with Crippen LogP contribution >= 0.6 is 0 Å². The van der Waals surface area contributed by atoms with Gasteiger partial charge in [0.25, 0.3) is 0 Å². The van der Waals surface area contributed by atoms with Crippen LogP contribution in [0.5, 0.6) is 11.5 Å². The van der Waals surface area contributed by atoms with Gasteiger partial charge in [-0.05, 0) is 51.3 Å². The number of nitrogens with one attached hydrogen (secondary N) is 1. The molecule has 0 spiro atoms. The maximum atomic E-state index is 12.4. The van der Waals surface area contributed by atoms with Crippen molar-refractivity contribution >= 4 is 11.7 Å². The quantitative estimate of drug-likeness (QED) is 0.747. The van der Waals surface area contributed by atoms with Gasteiger partial charge in [-0.15, -0.1) is 0 Å². The molecule has 0 atom stereocenters. The molecule has 1 fully saturated rings. The van der Waals surface area contributed by atoms with E-state index in [2.05, 4.69) is 21.2 Å². The molecular weight excluding hydrogens is 352 g/mol. The summed E-state index contributed by atoms with van der Waals surface area (Å²) >= 11 is 0. The van der Waals surface area contributed by atoms with Crippen molar-refractivity contribution in [3.05, 3.63) is 54.6 Å². The Labute approximate surface area is 167 Å². The van der Waals surface area contributed by atoms with Crippen molar-refractivity contribution in [1.29, 1.82) is 0 Å². The van der Waals surface area contributed by atoms with E-state index in [1.807, 2.05) is 67.5 Å². The van der Waals surface area contributed by atoms with Crippen molar-refractivity contribution in [2.45, 2.75) is 6.42 Å². The molecule has 0 radical (unpaired) electrons. The maximum absolute atomic E-state index is 12.4. The average molecular weight is 383 g/mol.